The summed E-state index contributed by atoms with van der Waals surface area (Å²) < 4.78 is 0.890. The highest BCUT2D eigenvalue weighted by atomic mass is 79.9. The molecule has 1 amide bonds. The van der Waals surface area contributed by atoms with Gasteiger partial charge in [0.05, 0.1) is 6.04 Å². The van der Waals surface area contributed by atoms with Gasteiger partial charge in [-0.3, -0.25) is 4.79 Å². The highest BCUT2D eigenvalue weighted by Gasteiger charge is 2.08. The van der Waals surface area contributed by atoms with Gasteiger partial charge in [0, 0.05) is 10.0 Å². The van der Waals surface area contributed by atoms with Gasteiger partial charge in [0.25, 0.3) is 5.91 Å². The average molecular weight is 266 g/mol. The second-order valence-corrected chi connectivity index (χ2v) is 4.29. The summed E-state index contributed by atoms with van der Waals surface area (Å²) in [7, 11) is 0. The number of benzene rings is 1. The van der Waals surface area contributed by atoms with Gasteiger partial charge in [0.2, 0.25) is 0 Å². The summed E-state index contributed by atoms with van der Waals surface area (Å²) in [6.07, 6.45) is 5.18. The van der Waals surface area contributed by atoms with Crippen LogP contribution in [0.3, 0.4) is 0 Å². The number of terminal acetylenes is 1. The minimum atomic E-state index is -0.253. The molecule has 1 aromatic rings. The first kappa shape index (κ1) is 11.8. The van der Waals surface area contributed by atoms with E-state index in [-0.39, 0.29) is 11.9 Å². The molecule has 2 nitrogen and oxygen atoms in total. The Bertz CT molecular complexity index is 400. The molecule has 1 N–H and O–H groups in total. The van der Waals surface area contributed by atoms with Crippen LogP contribution in [-0.2, 0) is 0 Å². The number of hydrogen-bond donors (Lipinski definition) is 1. The zero-order valence-corrected chi connectivity index (χ0v) is 10.3. The SMILES string of the molecule is C#CC(C)NC(=O)c1cc(C)cc(Br)c1. The van der Waals surface area contributed by atoms with Crippen LogP contribution in [0.4, 0.5) is 0 Å². The quantitative estimate of drug-likeness (QED) is 0.819. The van der Waals surface area contributed by atoms with Crippen molar-refractivity contribution in [1.82, 2.24) is 5.32 Å². The number of carbonyl (C=O) groups is 1. The molecule has 0 aliphatic heterocycles. The van der Waals surface area contributed by atoms with Gasteiger partial charge >= 0.3 is 0 Å². The van der Waals surface area contributed by atoms with Crippen LogP contribution in [0.25, 0.3) is 0 Å². The number of aryl methyl sites for hydroxylation is 1. The molecular weight excluding hydrogens is 254 g/mol. The third-order valence-electron chi connectivity index (χ3n) is 1.90. The second-order valence-electron chi connectivity index (χ2n) is 3.38. The van der Waals surface area contributed by atoms with Gasteiger partial charge in [-0.2, -0.15) is 0 Å². The molecule has 1 unspecified atom stereocenters. The van der Waals surface area contributed by atoms with Crippen LogP contribution in [0.1, 0.15) is 22.8 Å². The predicted molar refractivity (Wildman–Crippen MR) is 64.6 cm³/mol. The number of hydrogen-bond acceptors (Lipinski definition) is 1. The van der Waals surface area contributed by atoms with Crippen molar-refractivity contribution in [2.75, 3.05) is 0 Å². The second kappa shape index (κ2) is 4.99. The first-order chi connectivity index (χ1) is 7.02. The van der Waals surface area contributed by atoms with Crippen LogP contribution >= 0.6 is 15.9 Å². The Morgan fingerprint density at radius 3 is 2.73 bits per heavy atom. The largest absolute Gasteiger partial charge is 0.339 e. The molecule has 15 heavy (non-hydrogen) atoms. The fourth-order valence-electron chi connectivity index (χ4n) is 1.19. The van der Waals surface area contributed by atoms with Crippen molar-refractivity contribution in [2.24, 2.45) is 0 Å². The van der Waals surface area contributed by atoms with E-state index < -0.39 is 0 Å². The Balaban J connectivity index is 2.88. The maximum Gasteiger partial charge on any atom is 0.252 e. The molecule has 0 aromatic heterocycles. The molecule has 0 fully saturated rings. The summed E-state index contributed by atoms with van der Waals surface area (Å²) >= 11 is 3.34. The summed E-state index contributed by atoms with van der Waals surface area (Å²) in [5, 5.41) is 2.70. The van der Waals surface area contributed by atoms with Crippen molar-refractivity contribution < 1.29 is 4.79 Å². The zero-order valence-electron chi connectivity index (χ0n) is 8.67. The molecule has 1 aromatic carbocycles. The number of rotatable bonds is 2. The van der Waals surface area contributed by atoms with E-state index in [9.17, 15) is 4.79 Å². The molecule has 78 valence electrons. The van der Waals surface area contributed by atoms with Crippen LogP contribution in [-0.4, -0.2) is 11.9 Å². The molecule has 0 spiro atoms. The first-order valence-corrected chi connectivity index (χ1v) is 5.36. The summed E-state index contributed by atoms with van der Waals surface area (Å²) in [5.41, 5.74) is 1.65. The van der Waals surface area contributed by atoms with Gasteiger partial charge in [0.1, 0.15) is 0 Å². The molecule has 0 radical (unpaired) electrons. The normalized spacial score (nSPS) is 11.6. The van der Waals surface area contributed by atoms with E-state index >= 15 is 0 Å². The van der Waals surface area contributed by atoms with Crippen molar-refractivity contribution in [3.05, 3.63) is 33.8 Å². The van der Waals surface area contributed by atoms with Crippen molar-refractivity contribution in [2.45, 2.75) is 19.9 Å². The maximum absolute atomic E-state index is 11.7. The van der Waals surface area contributed by atoms with Gasteiger partial charge in [-0.05, 0) is 37.6 Å². The smallest absolute Gasteiger partial charge is 0.252 e. The molecule has 0 saturated heterocycles. The van der Waals surface area contributed by atoms with Crippen LogP contribution < -0.4 is 5.32 Å². The highest BCUT2D eigenvalue weighted by molar-refractivity contribution is 9.10. The number of halogens is 1. The third-order valence-corrected chi connectivity index (χ3v) is 2.36. The summed E-state index contributed by atoms with van der Waals surface area (Å²) in [6.45, 7) is 3.70. The van der Waals surface area contributed by atoms with E-state index in [1.165, 1.54) is 0 Å². The minimum Gasteiger partial charge on any atom is -0.339 e. The number of carbonyl (C=O) groups excluding carboxylic acids is 1. The monoisotopic (exact) mass is 265 g/mol. The van der Waals surface area contributed by atoms with Gasteiger partial charge < -0.3 is 5.32 Å². The van der Waals surface area contributed by atoms with E-state index in [2.05, 4.69) is 27.2 Å². The molecule has 3 heteroatoms. The Morgan fingerprint density at radius 2 is 2.20 bits per heavy atom. The van der Waals surface area contributed by atoms with E-state index in [0.29, 0.717) is 5.56 Å². The lowest BCUT2D eigenvalue weighted by Crippen LogP contribution is -2.31. The van der Waals surface area contributed by atoms with E-state index in [1.54, 1.807) is 13.0 Å². The van der Waals surface area contributed by atoms with Gasteiger partial charge in [-0.25, -0.2) is 0 Å². The Kier molecular flexibility index (Phi) is 3.93. The fraction of sp³-hybridized carbons (Fsp3) is 0.250. The van der Waals surface area contributed by atoms with Crippen LogP contribution in [0.5, 0.6) is 0 Å². The lowest BCUT2D eigenvalue weighted by atomic mass is 10.1. The van der Waals surface area contributed by atoms with Crippen LogP contribution in [0.15, 0.2) is 22.7 Å². The van der Waals surface area contributed by atoms with Crippen molar-refractivity contribution in [3.8, 4) is 12.3 Å². The lowest BCUT2D eigenvalue weighted by Gasteiger charge is -2.08. The van der Waals surface area contributed by atoms with Crippen molar-refractivity contribution in [3.63, 3.8) is 0 Å². The average Bonchev–Trinajstić information content (AvgIpc) is 2.16. The van der Waals surface area contributed by atoms with Gasteiger partial charge in [-0.1, -0.05) is 21.9 Å². The number of amides is 1. The van der Waals surface area contributed by atoms with Crippen LogP contribution in [0.2, 0.25) is 0 Å². The van der Waals surface area contributed by atoms with E-state index in [0.717, 1.165) is 10.0 Å². The number of nitrogens with one attached hydrogen (secondary N) is 1. The highest BCUT2D eigenvalue weighted by Crippen LogP contribution is 2.15. The topological polar surface area (TPSA) is 29.1 Å². The summed E-state index contributed by atoms with van der Waals surface area (Å²) in [4.78, 5) is 11.7. The van der Waals surface area contributed by atoms with Gasteiger partial charge in [-0.15, -0.1) is 6.42 Å². The zero-order chi connectivity index (χ0) is 11.4. The molecule has 0 aliphatic carbocycles. The maximum atomic E-state index is 11.7. The minimum absolute atomic E-state index is 0.148. The first-order valence-electron chi connectivity index (χ1n) is 4.57. The Morgan fingerprint density at radius 1 is 1.53 bits per heavy atom. The Hall–Kier alpha value is -1.27. The van der Waals surface area contributed by atoms with Crippen LogP contribution in [0, 0.1) is 19.3 Å². The summed E-state index contributed by atoms with van der Waals surface area (Å²) in [5.74, 6) is 2.30. The van der Waals surface area contributed by atoms with E-state index in [4.69, 9.17) is 6.42 Å². The molecular formula is C12H12BrNO. The molecule has 0 heterocycles. The molecule has 0 bridgehead atoms. The van der Waals surface area contributed by atoms with E-state index in [1.807, 2.05) is 19.1 Å². The fourth-order valence-corrected chi connectivity index (χ4v) is 1.80. The van der Waals surface area contributed by atoms with Crippen molar-refractivity contribution >= 4 is 21.8 Å². The molecule has 0 aliphatic rings. The standard InChI is InChI=1S/C12H12BrNO/c1-4-9(3)14-12(15)10-5-8(2)6-11(13)7-10/h1,5-7,9H,2-3H3,(H,14,15). The predicted octanol–water partition coefficient (Wildman–Crippen LogP) is 2.51. The molecule has 0 saturated carbocycles. The molecule has 1 rings (SSSR count). The van der Waals surface area contributed by atoms with Crippen molar-refractivity contribution in [1.29, 1.82) is 0 Å². The third kappa shape index (κ3) is 3.41. The summed E-state index contributed by atoms with van der Waals surface area (Å²) in [6, 6.07) is 5.29. The molecule has 1 atom stereocenters. The lowest BCUT2D eigenvalue weighted by molar-refractivity contribution is 0.0948. The Labute approximate surface area is 98.2 Å². The van der Waals surface area contributed by atoms with Gasteiger partial charge in [0.15, 0.2) is 0 Å².